The normalized spacial score (nSPS) is 19.7. The monoisotopic (exact) mass is 302 g/mol. The molecule has 0 aromatic heterocycles. The molecule has 1 aliphatic rings. The van der Waals surface area contributed by atoms with E-state index in [1.807, 2.05) is 11.9 Å². The molecule has 0 spiro atoms. The third-order valence-electron chi connectivity index (χ3n) is 4.91. The molecule has 1 N–H and O–H groups in total. The van der Waals surface area contributed by atoms with Crippen LogP contribution in [0, 0.1) is 11.8 Å². The second kappa shape index (κ2) is 8.33. The van der Waals surface area contributed by atoms with Gasteiger partial charge in [0.25, 0.3) is 0 Å². The summed E-state index contributed by atoms with van der Waals surface area (Å²) in [5.74, 6) is 1.37. The van der Waals surface area contributed by atoms with Crippen LogP contribution in [0.25, 0.3) is 0 Å². The van der Waals surface area contributed by atoms with Gasteiger partial charge in [0.2, 0.25) is 5.91 Å². The Labute approximate surface area is 135 Å². The zero-order valence-electron chi connectivity index (χ0n) is 14.3. The molecule has 1 aliphatic heterocycles. The van der Waals surface area contributed by atoms with Crippen LogP contribution in [0.5, 0.6) is 0 Å². The highest BCUT2D eigenvalue weighted by molar-refractivity contribution is 5.76. The lowest BCUT2D eigenvalue weighted by molar-refractivity contribution is -0.131. The summed E-state index contributed by atoms with van der Waals surface area (Å²) in [6.07, 6.45) is 4.21. The van der Waals surface area contributed by atoms with E-state index >= 15 is 0 Å². The van der Waals surface area contributed by atoms with Crippen LogP contribution in [-0.4, -0.2) is 30.9 Å². The fourth-order valence-corrected chi connectivity index (χ4v) is 3.20. The Morgan fingerprint density at radius 2 is 2.00 bits per heavy atom. The van der Waals surface area contributed by atoms with Crippen molar-refractivity contribution in [3.8, 4) is 0 Å². The lowest BCUT2D eigenvalue weighted by atomic mass is 9.85. The first-order chi connectivity index (χ1) is 10.6. The Hall–Kier alpha value is -1.35. The Kier molecular flexibility index (Phi) is 6.44. The van der Waals surface area contributed by atoms with Crippen molar-refractivity contribution in [2.45, 2.75) is 46.1 Å². The lowest BCUT2D eigenvalue weighted by Crippen LogP contribution is -2.36. The van der Waals surface area contributed by atoms with Gasteiger partial charge in [0.1, 0.15) is 0 Å². The van der Waals surface area contributed by atoms with Crippen molar-refractivity contribution in [2.75, 3.05) is 20.1 Å². The van der Waals surface area contributed by atoms with Crippen molar-refractivity contribution in [2.24, 2.45) is 11.8 Å². The summed E-state index contributed by atoms with van der Waals surface area (Å²) in [5, 5.41) is 3.44. The number of amides is 1. The maximum atomic E-state index is 12.4. The quantitative estimate of drug-likeness (QED) is 0.875. The third-order valence-corrected chi connectivity index (χ3v) is 4.91. The highest BCUT2D eigenvalue weighted by Crippen LogP contribution is 2.23. The first kappa shape index (κ1) is 17.0. The van der Waals surface area contributed by atoms with E-state index in [-0.39, 0.29) is 5.91 Å². The number of piperidine rings is 1. The number of benzene rings is 1. The molecule has 2 rings (SSSR count). The van der Waals surface area contributed by atoms with Crippen LogP contribution >= 0.6 is 0 Å². The summed E-state index contributed by atoms with van der Waals surface area (Å²) >= 11 is 0. The molecule has 1 saturated heterocycles. The molecule has 0 aliphatic carbocycles. The number of hydrogen-bond acceptors (Lipinski definition) is 2. The van der Waals surface area contributed by atoms with Crippen LogP contribution in [0.2, 0.25) is 0 Å². The molecule has 1 fully saturated rings. The summed E-state index contributed by atoms with van der Waals surface area (Å²) in [7, 11) is 1.92. The molecule has 1 aromatic carbocycles. The molecular weight excluding hydrogens is 272 g/mol. The van der Waals surface area contributed by atoms with E-state index in [0.29, 0.717) is 24.8 Å². The van der Waals surface area contributed by atoms with Crippen molar-refractivity contribution in [3.63, 3.8) is 0 Å². The molecule has 1 heterocycles. The molecule has 22 heavy (non-hydrogen) atoms. The first-order valence-electron chi connectivity index (χ1n) is 8.62. The van der Waals surface area contributed by atoms with Gasteiger partial charge in [-0.05, 0) is 55.3 Å². The lowest BCUT2D eigenvalue weighted by Gasteiger charge is -2.29. The van der Waals surface area contributed by atoms with Gasteiger partial charge >= 0.3 is 0 Å². The zero-order valence-corrected chi connectivity index (χ0v) is 14.3. The highest BCUT2D eigenvalue weighted by atomic mass is 16.2. The van der Waals surface area contributed by atoms with Crippen molar-refractivity contribution in [3.05, 3.63) is 35.4 Å². The average molecular weight is 302 g/mol. The Morgan fingerprint density at radius 3 is 2.59 bits per heavy atom. The summed E-state index contributed by atoms with van der Waals surface area (Å²) in [6.45, 7) is 7.28. The largest absolute Gasteiger partial charge is 0.341 e. The van der Waals surface area contributed by atoms with Gasteiger partial charge in [-0.25, -0.2) is 0 Å². The van der Waals surface area contributed by atoms with Crippen molar-refractivity contribution in [1.29, 1.82) is 0 Å². The minimum absolute atomic E-state index is 0.262. The van der Waals surface area contributed by atoms with Gasteiger partial charge in [-0.2, -0.15) is 0 Å². The van der Waals surface area contributed by atoms with Crippen LogP contribution in [0.1, 0.15) is 44.2 Å². The van der Waals surface area contributed by atoms with Gasteiger partial charge in [0.05, 0.1) is 0 Å². The Bertz CT molecular complexity index is 463. The van der Waals surface area contributed by atoms with E-state index < -0.39 is 0 Å². The maximum Gasteiger partial charge on any atom is 0.222 e. The van der Waals surface area contributed by atoms with Crippen molar-refractivity contribution < 1.29 is 4.79 Å². The molecule has 2 unspecified atom stereocenters. The summed E-state index contributed by atoms with van der Waals surface area (Å²) in [5.41, 5.74) is 2.55. The van der Waals surface area contributed by atoms with Crippen LogP contribution < -0.4 is 5.32 Å². The summed E-state index contributed by atoms with van der Waals surface area (Å²) in [4.78, 5) is 14.3. The molecule has 2 atom stereocenters. The van der Waals surface area contributed by atoms with Crippen LogP contribution in [0.15, 0.2) is 24.3 Å². The molecule has 1 aromatic rings. The fourth-order valence-electron chi connectivity index (χ4n) is 3.20. The Morgan fingerprint density at radius 1 is 1.32 bits per heavy atom. The van der Waals surface area contributed by atoms with Gasteiger partial charge in [0, 0.05) is 20.0 Å². The molecule has 3 nitrogen and oxygen atoms in total. The summed E-state index contributed by atoms with van der Waals surface area (Å²) < 4.78 is 0. The zero-order chi connectivity index (χ0) is 15.9. The number of carbonyl (C=O) groups is 1. The molecule has 0 saturated carbocycles. The first-order valence-corrected chi connectivity index (χ1v) is 8.62. The molecule has 0 radical (unpaired) electrons. The second-order valence-electron chi connectivity index (χ2n) is 6.71. The van der Waals surface area contributed by atoms with Gasteiger partial charge in [-0.1, -0.05) is 38.1 Å². The van der Waals surface area contributed by atoms with Crippen molar-refractivity contribution >= 4 is 5.91 Å². The third kappa shape index (κ3) is 4.84. The topological polar surface area (TPSA) is 32.3 Å². The molecule has 3 heteroatoms. The Balaban J connectivity index is 1.82. The predicted molar refractivity (Wildman–Crippen MR) is 91.7 cm³/mol. The molecule has 0 bridgehead atoms. The minimum Gasteiger partial charge on any atom is -0.341 e. The van der Waals surface area contributed by atoms with E-state index in [4.69, 9.17) is 0 Å². The van der Waals surface area contributed by atoms with E-state index in [1.54, 1.807) is 0 Å². The van der Waals surface area contributed by atoms with E-state index in [2.05, 4.69) is 43.4 Å². The molecule has 122 valence electrons. The number of carbonyl (C=O) groups excluding carboxylic acids is 1. The molecule has 1 amide bonds. The van der Waals surface area contributed by atoms with Crippen LogP contribution in [-0.2, 0) is 17.8 Å². The number of nitrogens with zero attached hydrogens (tertiary/aromatic N) is 1. The van der Waals surface area contributed by atoms with Gasteiger partial charge < -0.3 is 10.2 Å². The predicted octanol–water partition coefficient (Wildman–Crippen LogP) is 3.23. The maximum absolute atomic E-state index is 12.4. The highest BCUT2D eigenvalue weighted by Gasteiger charge is 2.23. The minimum atomic E-state index is 0.262. The fraction of sp³-hybridized carbons (Fsp3) is 0.632. The van der Waals surface area contributed by atoms with Gasteiger partial charge in [-0.3, -0.25) is 4.79 Å². The number of nitrogens with one attached hydrogen (secondary N) is 1. The average Bonchev–Trinajstić information content (AvgIpc) is 2.56. The van der Waals surface area contributed by atoms with Crippen LogP contribution in [0.3, 0.4) is 0 Å². The van der Waals surface area contributed by atoms with Gasteiger partial charge in [0.15, 0.2) is 0 Å². The summed E-state index contributed by atoms with van der Waals surface area (Å²) in [6, 6.07) is 8.59. The second-order valence-corrected chi connectivity index (χ2v) is 6.71. The standard InChI is InChI=1S/C19H30N2O/c1-4-16-7-9-17(10-8-16)14-21(3)19(22)12-15(2)18-6-5-11-20-13-18/h7-10,15,18,20H,4-6,11-14H2,1-3H3. The van der Waals surface area contributed by atoms with Crippen molar-refractivity contribution in [1.82, 2.24) is 10.2 Å². The van der Waals surface area contributed by atoms with Gasteiger partial charge in [-0.15, -0.1) is 0 Å². The van der Waals surface area contributed by atoms with Crippen LogP contribution in [0.4, 0.5) is 0 Å². The van der Waals surface area contributed by atoms with E-state index in [0.717, 1.165) is 19.5 Å². The number of rotatable bonds is 6. The van der Waals surface area contributed by atoms with E-state index in [9.17, 15) is 4.79 Å². The smallest absolute Gasteiger partial charge is 0.222 e. The number of aryl methyl sites for hydroxylation is 1. The molecular formula is C19H30N2O. The SMILES string of the molecule is CCc1ccc(CN(C)C(=O)CC(C)C2CCCNC2)cc1. The van der Waals surface area contributed by atoms with E-state index in [1.165, 1.54) is 24.0 Å². The number of hydrogen-bond donors (Lipinski definition) is 1.